The lowest BCUT2D eigenvalue weighted by Crippen LogP contribution is -2.24. The van der Waals surface area contributed by atoms with E-state index < -0.39 is 4.92 Å². The maximum absolute atomic E-state index is 11.2. The van der Waals surface area contributed by atoms with Crippen LogP contribution in [0.2, 0.25) is 0 Å². The molecule has 114 valence electrons. The monoisotopic (exact) mass is 312 g/mol. The summed E-state index contributed by atoms with van der Waals surface area (Å²) >= 11 is 4.60. The molecule has 0 amide bonds. The van der Waals surface area contributed by atoms with Crippen molar-refractivity contribution in [1.29, 1.82) is 0 Å². The molecule has 0 aliphatic rings. The fourth-order valence-electron chi connectivity index (χ4n) is 1.54. The van der Waals surface area contributed by atoms with Crippen LogP contribution in [0.15, 0.2) is 17.2 Å². The summed E-state index contributed by atoms with van der Waals surface area (Å²) in [5.74, 6) is 0.383. The van der Waals surface area contributed by atoms with Crippen molar-refractivity contribution < 1.29 is 14.4 Å². The molecule has 3 N–H and O–H groups in total. The van der Waals surface area contributed by atoms with E-state index in [9.17, 15) is 10.1 Å². The summed E-state index contributed by atoms with van der Waals surface area (Å²) in [6, 6.07) is 2.92. The van der Waals surface area contributed by atoms with Gasteiger partial charge in [0.2, 0.25) is 5.75 Å². The summed E-state index contributed by atoms with van der Waals surface area (Å²) in [5.41, 5.74) is 7.86. The van der Waals surface area contributed by atoms with Crippen LogP contribution in [0.5, 0.6) is 11.5 Å². The molecule has 0 spiro atoms. The van der Waals surface area contributed by atoms with E-state index in [2.05, 4.69) is 22.7 Å². The number of hydrogen-bond donors (Lipinski definition) is 2. The molecule has 0 saturated heterocycles. The highest BCUT2D eigenvalue weighted by Crippen LogP contribution is 2.38. The first kappa shape index (κ1) is 16.6. The predicted octanol–water partition coefficient (Wildman–Crippen LogP) is 1.56. The number of nitrogens with zero attached hydrogens (tertiary/aromatic N) is 2. The van der Waals surface area contributed by atoms with Crippen molar-refractivity contribution in [2.45, 2.75) is 13.8 Å². The maximum atomic E-state index is 11.2. The Bertz CT molecular complexity index is 562. The van der Waals surface area contributed by atoms with Crippen molar-refractivity contribution in [3.8, 4) is 11.5 Å². The molecule has 0 aliphatic heterocycles. The van der Waals surface area contributed by atoms with E-state index in [1.165, 1.54) is 12.3 Å². The first-order valence-corrected chi connectivity index (χ1v) is 6.56. The predicted molar refractivity (Wildman–Crippen MR) is 82.9 cm³/mol. The summed E-state index contributed by atoms with van der Waals surface area (Å²) in [5, 5.41) is 14.9. The van der Waals surface area contributed by atoms with Crippen molar-refractivity contribution in [2.24, 2.45) is 10.8 Å². The standard InChI is InChI=1S/C12H16N4O4S/c1-3-19-10-6-8(7-14-15-12(13)21)5-9(16(17)18)11(10)20-4-2/h5-7H,3-4H2,1-2H3,(H3,13,15,21). The van der Waals surface area contributed by atoms with Gasteiger partial charge in [0, 0.05) is 11.6 Å². The van der Waals surface area contributed by atoms with Crippen molar-refractivity contribution in [3.63, 3.8) is 0 Å². The molecule has 0 saturated carbocycles. The van der Waals surface area contributed by atoms with Gasteiger partial charge in [0.15, 0.2) is 10.9 Å². The third-order valence-corrected chi connectivity index (χ3v) is 2.32. The third kappa shape index (κ3) is 4.88. The second-order valence-electron chi connectivity index (χ2n) is 3.72. The lowest BCUT2D eigenvalue weighted by Gasteiger charge is -2.11. The third-order valence-electron chi connectivity index (χ3n) is 2.23. The highest BCUT2D eigenvalue weighted by atomic mass is 32.1. The summed E-state index contributed by atoms with van der Waals surface area (Å²) in [6.07, 6.45) is 1.35. The minimum absolute atomic E-state index is 0.00304. The first-order valence-electron chi connectivity index (χ1n) is 6.16. The van der Waals surface area contributed by atoms with Crippen LogP contribution in [-0.2, 0) is 0 Å². The fourth-order valence-corrected chi connectivity index (χ4v) is 1.59. The highest BCUT2D eigenvalue weighted by molar-refractivity contribution is 7.80. The second-order valence-corrected chi connectivity index (χ2v) is 4.16. The largest absolute Gasteiger partial charge is 0.490 e. The number of thiocarbonyl (C=S) groups is 1. The zero-order valence-corrected chi connectivity index (χ0v) is 12.5. The number of ether oxygens (including phenoxy) is 2. The minimum Gasteiger partial charge on any atom is -0.490 e. The van der Waals surface area contributed by atoms with E-state index in [0.29, 0.717) is 12.2 Å². The SMILES string of the molecule is CCOc1cc(C=NNC(N)=S)cc([N+](=O)[O-])c1OCC. The molecule has 0 atom stereocenters. The van der Waals surface area contributed by atoms with Crippen LogP contribution >= 0.6 is 12.2 Å². The summed E-state index contributed by atoms with van der Waals surface area (Å²) in [6.45, 7) is 4.15. The molecule has 0 fully saturated rings. The Balaban J connectivity index is 3.25. The van der Waals surface area contributed by atoms with Crippen molar-refractivity contribution in [2.75, 3.05) is 13.2 Å². The van der Waals surface area contributed by atoms with Crippen LogP contribution in [0.3, 0.4) is 0 Å². The smallest absolute Gasteiger partial charge is 0.315 e. The van der Waals surface area contributed by atoms with Crippen LogP contribution in [-0.4, -0.2) is 29.5 Å². The van der Waals surface area contributed by atoms with Gasteiger partial charge in [-0.1, -0.05) is 0 Å². The molecule has 0 aliphatic carbocycles. The molecule has 0 bridgehead atoms. The minimum atomic E-state index is -0.536. The van der Waals surface area contributed by atoms with Crippen molar-refractivity contribution in [3.05, 3.63) is 27.8 Å². The Labute approximate surface area is 127 Å². The van der Waals surface area contributed by atoms with E-state index in [1.807, 2.05) is 0 Å². The maximum Gasteiger partial charge on any atom is 0.315 e. The number of hydrazone groups is 1. The van der Waals surface area contributed by atoms with Crippen LogP contribution in [0.25, 0.3) is 0 Å². The van der Waals surface area contributed by atoms with Gasteiger partial charge < -0.3 is 15.2 Å². The van der Waals surface area contributed by atoms with Crippen LogP contribution in [0, 0.1) is 10.1 Å². The van der Waals surface area contributed by atoms with Crippen molar-refractivity contribution in [1.82, 2.24) is 5.43 Å². The molecular weight excluding hydrogens is 296 g/mol. The molecule has 1 rings (SSSR count). The van der Waals surface area contributed by atoms with Gasteiger partial charge >= 0.3 is 5.69 Å². The van der Waals surface area contributed by atoms with Gasteiger partial charge in [-0.2, -0.15) is 5.10 Å². The molecule has 1 aromatic carbocycles. The lowest BCUT2D eigenvalue weighted by atomic mass is 10.2. The number of nitro groups is 1. The average Bonchev–Trinajstić information content (AvgIpc) is 2.41. The topological polar surface area (TPSA) is 112 Å². The zero-order valence-electron chi connectivity index (χ0n) is 11.7. The Morgan fingerprint density at radius 1 is 1.48 bits per heavy atom. The molecule has 0 aromatic heterocycles. The van der Waals surface area contributed by atoms with E-state index >= 15 is 0 Å². The molecule has 8 nitrogen and oxygen atoms in total. The molecule has 9 heteroatoms. The number of rotatable bonds is 7. The fraction of sp³-hybridized carbons (Fsp3) is 0.333. The van der Waals surface area contributed by atoms with E-state index in [-0.39, 0.29) is 28.9 Å². The Kier molecular flexibility index (Phi) is 6.34. The van der Waals surface area contributed by atoms with Gasteiger partial charge in [-0.3, -0.25) is 15.5 Å². The normalized spacial score (nSPS) is 10.4. The molecular formula is C12H16N4O4S. The average molecular weight is 312 g/mol. The quantitative estimate of drug-likeness (QED) is 0.340. The number of nitrogens with two attached hydrogens (primary N) is 1. The van der Waals surface area contributed by atoms with E-state index in [4.69, 9.17) is 15.2 Å². The summed E-state index contributed by atoms with van der Waals surface area (Å²) < 4.78 is 10.7. The second kappa shape index (κ2) is 8.00. The van der Waals surface area contributed by atoms with Gasteiger partial charge in [0.05, 0.1) is 24.4 Å². The van der Waals surface area contributed by atoms with Gasteiger partial charge in [0.1, 0.15) is 0 Å². The first-order chi connectivity index (χ1) is 9.99. The van der Waals surface area contributed by atoms with E-state index in [1.54, 1.807) is 19.9 Å². The van der Waals surface area contributed by atoms with Crippen LogP contribution in [0.1, 0.15) is 19.4 Å². The number of nitrogens with one attached hydrogen (secondary N) is 1. The molecule has 0 unspecified atom stereocenters. The molecule has 0 radical (unpaired) electrons. The zero-order chi connectivity index (χ0) is 15.8. The Hall–Kier alpha value is -2.42. The Morgan fingerprint density at radius 2 is 2.14 bits per heavy atom. The molecule has 1 aromatic rings. The van der Waals surface area contributed by atoms with Gasteiger partial charge in [-0.15, -0.1) is 0 Å². The van der Waals surface area contributed by atoms with Gasteiger partial charge in [-0.05, 0) is 32.1 Å². The van der Waals surface area contributed by atoms with Crippen molar-refractivity contribution >= 4 is 29.2 Å². The van der Waals surface area contributed by atoms with Gasteiger partial charge in [0.25, 0.3) is 0 Å². The number of benzene rings is 1. The molecule has 0 heterocycles. The highest BCUT2D eigenvalue weighted by Gasteiger charge is 2.21. The van der Waals surface area contributed by atoms with Crippen LogP contribution < -0.4 is 20.6 Å². The summed E-state index contributed by atoms with van der Waals surface area (Å²) in [7, 11) is 0. The lowest BCUT2D eigenvalue weighted by molar-refractivity contribution is -0.385. The number of hydrogen-bond acceptors (Lipinski definition) is 6. The molecule has 21 heavy (non-hydrogen) atoms. The number of nitro benzene ring substituents is 1. The van der Waals surface area contributed by atoms with Crippen LogP contribution in [0.4, 0.5) is 5.69 Å². The Morgan fingerprint density at radius 3 is 2.67 bits per heavy atom. The van der Waals surface area contributed by atoms with Gasteiger partial charge in [-0.25, -0.2) is 0 Å². The summed E-state index contributed by atoms with van der Waals surface area (Å²) in [4.78, 5) is 10.6. The van der Waals surface area contributed by atoms with E-state index in [0.717, 1.165) is 0 Å².